The van der Waals surface area contributed by atoms with E-state index in [0.717, 1.165) is 30.9 Å². The van der Waals surface area contributed by atoms with E-state index in [1.54, 1.807) is 36.7 Å². The van der Waals surface area contributed by atoms with Gasteiger partial charge in [-0.15, -0.1) is 0 Å². The Hall–Kier alpha value is -4.84. The van der Waals surface area contributed by atoms with Crippen LogP contribution in [0.4, 0.5) is 34.8 Å². The quantitative estimate of drug-likeness (QED) is 0.109. The van der Waals surface area contributed by atoms with E-state index in [9.17, 15) is 22.4 Å². The second-order valence-corrected chi connectivity index (χ2v) is 10.6. The molecule has 1 saturated carbocycles. The second kappa shape index (κ2) is 11.8. The topological polar surface area (TPSA) is 143 Å². The number of carbonyl (C=O) groups excluding carboxylic acids is 1. The van der Waals surface area contributed by atoms with Gasteiger partial charge in [0.05, 0.1) is 11.2 Å². The summed E-state index contributed by atoms with van der Waals surface area (Å²) in [6, 6.07) is 13.5. The molecule has 1 fully saturated rings. The van der Waals surface area contributed by atoms with Gasteiger partial charge >= 0.3 is 6.18 Å². The first-order valence-electron chi connectivity index (χ1n) is 13.5. The number of carbonyl (C=O) groups is 1. The molecule has 8 nitrogen and oxygen atoms in total. The molecule has 0 saturated heterocycles. The van der Waals surface area contributed by atoms with E-state index in [0.29, 0.717) is 34.8 Å². The first-order chi connectivity index (χ1) is 20.4. The Morgan fingerprint density at radius 1 is 1.00 bits per heavy atom. The number of benzene rings is 2. The number of anilines is 3. The van der Waals surface area contributed by atoms with E-state index >= 15 is 0 Å². The highest BCUT2D eigenvalue weighted by atomic mass is 19.4. The van der Waals surface area contributed by atoms with Gasteiger partial charge in [0.25, 0.3) is 5.91 Å². The first-order valence-corrected chi connectivity index (χ1v) is 13.5. The molecule has 2 aromatic carbocycles. The number of fused-ring (bicyclic) bond motifs is 1. The molecule has 5 rings (SSSR count). The lowest BCUT2D eigenvalue weighted by Crippen LogP contribution is -2.38. The standard InChI is InChI=1S/C31H29F4N7O/c32-24-6-4-21(30(38,11-7-18-1-2-18)20-9-12-39-13-10-20)15-26(24)42-29(43)25(36)17-27(31(33,34)35)41-22-5-3-19-8-14-40-28(37)23(19)16-22/h3-6,8-10,12-18,36,41H,1-2,7,11,38H2,(H2,37,40)(H,42,43)/b27-17-,36-25?. The average Bonchev–Trinajstić information content (AvgIpc) is 3.82. The monoisotopic (exact) mass is 591 g/mol. The largest absolute Gasteiger partial charge is 0.431 e. The minimum atomic E-state index is -4.95. The maximum atomic E-state index is 14.8. The molecule has 43 heavy (non-hydrogen) atoms. The number of nitrogens with two attached hydrogens (primary N) is 2. The summed E-state index contributed by atoms with van der Waals surface area (Å²) in [5.41, 5.74) is 10.2. The van der Waals surface area contributed by atoms with Crippen LogP contribution in [-0.2, 0) is 10.3 Å². The SMILES string of the molecule is N=C(/C=C(\Nc1ccc2ccnc(N)c2c1)C(F)(F)F)C(=O)Nc1cc(C(N)(CCC2CC2)c2ccncc2)ccc1F. The third-order valence-electron chi connectivity index (χ3n) is 7.48. The van der Waals surface area contributed by atoms with Crippen molar-refractivity contribution in [3.63, 3.8) is 0 Å². The number of nitrogen functional groups attached to an aromatic ring is 1. The van der Waals surface area contributed by atoms with Crippen LogP contribution in [0.25, 0.3) is 10.8 Å². The predicted molar refractivity (Wildman–Crippen MR) is 158 cm³/mol. The molecule has 2 aromatic heterocycles. The van der Waals surface area contributed by atoms with Gasteiger partial charge in [-0.2, -0.15) is 13.2 Å². The first kappa shape index (κ1) is 29.6. The van der Waals surface area contributed by atoms with Crippen LogP contribution in [0.5, 0.6) is 0 Å². The van der Waals surface area contributed by atoms with Crippen molar-refractivity contribution in [1.29, 1.82) is 5.41 Å². The van der Waals surface area contributed by atoms with Crippen molar-refractivity contribution in [3.8, 4) is 0 Å². The van der Waals surface area contributed by atoms with Crippen molar-refractivity contribution in [2.45, 2.75) is 37.4 Å². The fraction of sp³-hybridized carbons (Fsp3) is 0.226. The summed E-state index contributed by atoms with van der Waals surface area (Å²) in [4.78, 5) is 20.8. The van der Waals surface area contributed by atoms with Crippen LogP contribution in [0.3, 0.4) is 0 Å². The maximum absolute atomic E-state index is 14.8. The summed E-state index contributed by atoms with van der Waals surface area (Å²) in [6.45, 7) is 0. The van der Waals surface area contributed by atoms with Crippen molar-refractivity contribution in [2.24, 2.45) is 11.7 Å². The lowest BCUT2D eigenvalue weighted by molar-refractivity contribution is -0.110. The van der Waals surface area contributed by atoms with E-state index in [-0.39, 0.29) is 17.2 Å². The minimum absolute atomic E-state index is 0.0179. The number of hydrogen-bond acceptors (Lipinski definition) is 7. The Labute approximate surface area is 244 Å². The summed E-state index contributed by atoms with van der Waals surface area (Å²) in [7, 11) is 0. The molecule has 0 aliphatic heterocycles. The number of nitrogens with one attached hydrogen (secondary N) is 3. The van der Waals surface area contributed by atoms with Crippen LogP contribution in [0.15, 0.2) is 85.0 Å². The van der Waals surface area contributed by atoms with Crippen molar-refractivity contribution in [2.75, 3.05) is 16.4 Å². The van der Waals surface area contributed by atoms with E-state index < -0.39 is 34.8 Å². The summed E-state index contributed by atoms with van der Waals surface area (Å²) in [6.07, 6.45) is 3.71. The van der Waals surface area contributed by atoms with Gasteiger partial charge in [0.15, 0.2) is 0 Å². The van der Waals surface area contributed by atoms with E-state index in [4.69, 9.17) is 16.9 Å². The summed E-state index contributed by atoms with van der Waals surface area (Å²) >= 11 is 0. The van der Waals surface area contributed by atoms with Crippen LogP contribution in [0.1, 0.15) is 36.8 Å². The molecule has 1 aliphatic rings. The zero-order valence-electron chi connectivity index (χ0n) is 22.9. The zero-order chi connectivity index (χ0) is 30.8. The van der Waals surface area contributed by atoms with Gasteiger partial charge in [0.1, 0.15) is 23.0 Å². The summed E-state index contributed by atoms with van der Waals surface area (Å²) < 4.78 is 56.6. The van der Waals surface area contributed by atoms with Crippen molar-refractivity contribution < 1.29 is 22.4 Å². The number of pyridine rings is 2. The fourth-order valence-electron chi connectivity index (χ4n) is 4.85. The Bertz CT molecular complexity index is 1700. The van der Waals surface area contributed by atoms with Crippen LogP contribution in [0, 0.1) is 17.1 Å². The fourth-order valence-corrected chi connectivity index (χ4v) is 4.85. The van der Waals surface area contributed by atoms with Crippen molar-refractivity contribution >= 4 is 39.6 Å². The lowest BCUT2D eigenvalue weighted by atomic mass is 9.79. The molecule has 7 N–H and O–H groups in total. The molecule has 222 valence electrons. The Balaban J connectivity index is 1.39. The zero-order valence-corrected chi connectivity index (χ0v) is 22.9. The van der Waals surface area contributed by atoms with E-state index in [1.807, 2.05) is 0 Å². The Kier molecular flexibility index (Phi) is 8.14. The Morgan fingerprint density at radius 3 is 2.44 bits per heavy atom. The minimum Gasteiger partial charge on any atom is -0.383 e. The van der Waals surface area contributed by atoms with E-state index in [1.165, 1.54) is 30.5 Å². The summed E-state index contributed by atoms with van der Waals surface area (Å²) in [5, 5.41) is 13.6. The number of rotatable bonds is 10. The number of nitrogens with zero attached hydrogens (tertiary/aromatic N) is 2. The van der Waals surface area contributed by atoms with Crippen LogP contribution < -0.4 is 22.1 Å². The normalized spacial score (nSPS) is 15.1. The molecule has 4 aromatic rings. The summed E-state index contributed by atoms with van der Waals surface area (Å²) in [5.74, 6) is -1.37. The lowest BCUT2D eigenvalue weighted by Gasteiger charge is -2.31. The number of allylic oxidation sites excluding steroid dienone is 1. The van der Waals surface area contributed by atoms with Gasteiger partial charge in [0, 0.05) is 29.7 Å². The highest BCUT2D eigenvalue weighted by Gasteiger charge is 2.36. The molecular formula is C31H29F4N7O. The molecule has 12 heteroatoms. The van der Waals surface area contributed by atoms with Crippen LogP contribution >= 0.6 is 0 Å². The molecule has 1 unspecified atom stereocenters. The predicted octanol–water partition coefficient (Wildman–Crippen LogP) is 6.26. The molecular weight excluding hydrogens is 562 g/mol. The number of amides is 1. The second-order valence-electron chi connectivity index (χ2n) is 10.6. The highest BCUT2D eigenvalue weighted by Crippen LogP contribution is 2.40. The van der Waals surface area contributed by atoms with Gasteiger partial charge < -0.3 is 22.1 Å². The molecule has 0 bridgehead atoms. The maximum Gasteiger partial charge on any atom is 0.431 e. The molecule has 0 radical (unpaired) electrons. The molecule has 1 atom stereocenters. The van der Waals surface area contributed by atoms with E-state index in [2.05, 4.69) is 20.6 Å². The van der Waals surface area contributed by atoms with Crippen LogP contribution in [-0.4, -0.2) is 27.8 Å². The van der Waals surface area contributed by atoms with Gasteiger partial charge in [-0.1, -0.05) is 25.0 Å². The van der Waals surface area contributed by atoms with Gasteiger partial charge in [0.2, 0.25) is 0 Å². The highest BCUT2D eigenvalue weighted by molar-refractivity contribution is 6.46. The van der Waals surface area contributed by atoms with Gasteiger partial charge in [-0.25, -0.2) is 9.37 Å². The Morgan fingerprint density at radius 2 is 1.74 bits per heavy atom. The van der Waals surface area contributed by atoms with Crippen molar-refractivity contribution in [1.82, 2.24) is 9.97 Å². The van der Waals surface area contributed by atoms with Crippen LogP contribution in [0.2, 0.25) is 0 Å². The van der Waals surface area contributed by atoms with Gasteiger partial charge in [-0.3, -0.25) is 15.2 Å². The number of halogens is 4. The number of alkyl halides is 3. The third-order valence-corrected chi connectivity index (χ3v) is 7.48. The number of hydrogen-bond donors (Lipinski definition) is 5. The molecule has 2 heterocycles. The number of aromatic nitrogens is 2. The third kappa shape index (κ3) is 6.81. The van der Waals surface area contributed by atoms with Gasteiger partial charge in [-0.05, 0) is 83.8 Å². The molecule has 1 amide bonds. The average molecular weight is 592 g/mol. The molecule has 1 aliphatic carbocycles. The smallest absolute Gasteiger partial charge is 0.383 e. The van der Waals surface area contributed by atoms with Crippen molar-refractivity contribution in [3.05, 3.63) is 102 Å². The molecule has 0 spiro atoms.